The summed E-state index contributed by atoms with van der Waals surface area (Å²) in [6.07, 6.45) is 0.898. The van der Waals surface area contributed by atoms with Crippen LogP contribution in [0.5, 0.6) is 0 Å². The predicted octanol–water partition coefficient (Wildman–Crippen LogP) is 3.02. The molecular weight excluding hydrogens is 212 g/mol. The molecule has 0 radical (unpaired) electrons. The van der Waals surface area contributed by atoms with Gasteiger partial charge < -0.3 is 0 Å². The van der Waals surface area contributed by atoms with Gasteiger partial charge in [-0.25, -0.2) is 5.01 Å². The second-order valence-electron chi connectivity index (χ2n) is 6.88. The SMILES string of the molecule is CC(C)C(C)(C)CC(C)(C)C(=O)N(C)N(C)C. The summed E-state index contributed by atoms with van der Waals surface area (Å²) in [6.45, 7) is 13.0. The van der Waals surface area contributed by atoms with Gasteiger partial charge in [0.25, 0.3) is 0 Å². The van der Waals surface area contributed by atoms with Gasteiger partial charge in [-0.3, -0.25) is 9.80 Å². The first kappa shape index (κ1) is 16.4. The summed E-state index contributed by atoms with van der Waals surface area (Å²) in [5.74, 6) is 0.746. The Balaban J connectivity index is 4.85. The van der Waals surface area contributed by atoms with Crippen molar-refractivity contribution in [1.82, 2.24) is 10.0 Å². The number of carbonyl (C=O) groups is 1. The Labute approximate surface area is 107 Å². The molecule has 0 spiro atoms. The highest BCUT2D eigenvalue weighted by Crippen LogP contribution is 2.39. The highest BCUT2D eigenvalue weighted by molar-refractivity contribution is 5.81. The molecule has 17 heavy (non-hydrogen) atoms. The number of hydrogen-bond acceptors (Lipinski definition) is 2. The van der Waals surface area contributed by atoms with Gasteiger partial charge in [0.05, 0.1) is 0 Å². The Morgan fingerprint density at radius 1 is 1.06 bits per heavy atom. The highest BCUT2D eigenvalue weighted by Gasteiger charge is 2.38. The van der Waals surface area contributed by atoms with Gasteiger partial charge in [0.1, 0.15) is 0 Å². The van der Waals surface area contributed by atoms with Gasteiger partial charge >= 0.3 is 0 Å². The molecular formula is C14H30N2O. The van der Waals surface area contributed by atoms with E-state index in [0.717, 1.165) is 6.42 Å². The van der Waals surface area contributed by atoms with E-state index in [4.69, 9.17) is 0 Å². The van der Waals surface area contributed by atoms with E-state index in [1.807, 2.05) is 40.0 Å². The number of amides is 1. The Morgan fingerprint density at radius 2 is 1.47 bits per heavy atom. The molecule has 0 fully saturated rings. The quantitative estimate of drug-likeness (QED) is 0.692. The summed E-state index contributed by atoms with van der Waals surface area (Å²) >= 11 is 0. The van der Waals surface area contributed by atoms with Gasteiger partial charge in [-0.2, -0.15) is 0 Å². The standard InChI is InChI=1S/C14H30N2O/c1-11(2)13(3,4)10-14(5,6)12(17)16(9)15(7)8/h11H,10H2,1-9H3. The van der Waals surface area contributed by atoms with E-state index >= 15 is 0 Å². The lowest BCUT2D eigenvalue weighted by Gasteiger charge is -2.39. The van der Waals surface area contributed by atoms with E-state index in [9.17, 15) is 4.79 Å². The number of carbonyl (C=O) groups excluding carboxylic acids is 1. The number of hydrazine groups is 1. The molecule has 0 unspecified atom stereocenters. The first-order valence-electron chi connectivity index (χ1n) is 6.37. The maximum absolute atomic E-state index is 12.4. The molecule has 0 aromatic carbocycles. The lowest BCUT2D eigenvalue weighted by Crippen LogP contribution is -2.47. The molecule has 0 aliphatic heterocycles. The molecule has 1 amide bonds. The molecule has 0 bridgehead atoms. The van der Waals surface area contributed by atoms with Gasteiger partial charge in [0, 0.05) is 26.6 Å². The van der Waals surface area contributed by atoms with Crippen LogP contribution in [0.2, 0.25) is 0 Å². The zero-order chi connectivity index (χ0) is 14.0. The molecule has 0 N–H and O–H groups in total. The third-order valence-corrected chi connectivity index (χ3v) is 3.93. The molecule has 0 aliphatic rings. The summed E-state index contributed by atoms with van der Waals surface area (Å²) in [4.78, 5) is 12.4. The molecule has 0 aromatic rings. The molecule has 0 atom stereocenters. The van der Waals surface area contributed by atoms with Crippen LogP contribution in [-0.2, 0) is 4.79 Å². The lowest BCUT2D eigenvalue weighted by atomic mass is 9.69. The molecule has 0 aliphatic carbocycles. The molecule has 0 saturated heterocycles. The number of rotatable bonds is 5. The van der Waals surface area contributed by atoms with Crippen LogP contribution in [0.25, 0.3) is 0 Å². The minimum atomic E-state index is -0.327. The zero-order valence-corrected chi connectivity index (χ0v) is 13.1. The summed E-state index contributed by atoms with van der Waals surface area (Å²) in [5.41, 5.74) is -0.154. The first-order valence-corrected chi connectivity index (χ1v) is 6.37. The van der Waals surface area contributed by atoms with Crippen LogP contribution >= 0.6 is 0 Å². The molecule has 0 heterocycles. The molecule has 0 rings (SSSR count). The van der Waals surface area contributed by atoms with Crippen LogP contribution in [0.3, 0.4) is 0 Å². The van der Waals surface area contributed by atoms with Crippen LogP contribution in [0.1, 0.15) is 48.0 Å². The number of nitrogens with zero attached hydrogens (tertiary/aromatic N) is 2. The predicted molar refractivity (Wildman–Crippen MR) is 73.5 cm³/mol. The van der Waals surface area contributed by atoms with Gasteiger partial charge in [-0.1, -0.05) is 41.5 Å². The third-order valence-electron chi connectivity index (χ3n) is 3.93. The molecule has 3 nitrogen and oxygen atoms in total. The topological polar surface area (TPSA) is 23.6 Å². The van der Waals surface area contributed by atoms with E-state index in [1.54, 1.807) is 5.01 Å². The summed E-state index contributed by atoms with van der Waals surface area (Å²) in [5, 5.41) is 3.52. The van der Waals surface area contributed by atoms with E-state index < -0.39 is 0 Å². The van der Waals surface area contributed by atoms with Crippen molar-refractivity contribution >= 4 is 5.91 Å². The Kier molecular flexibility index (Phi) is 5.20. The Morgan fingerprint density at radius 3 is 1.76 bits per heavy atom. The van der Waals surface area contributed by atoms with Crippen molar-refractivity contribution in [3.05, 3.63) is 0 Å². The third kappa shape index (κ3) is 4.30. The highest BCUT2D eigenvalue weighted by atomic mass is 16.2. The molecule has 0 aromatic heterocycles. The van der Waals surface area contributed by atoms with Crippen molar-refractivity contribution in [1.29, 1.82) is 0 Å². The average Bonchev–Trinajstić information content (AvgIpc) is 2.13. The van der Waals surface area contributed by atoms with Crippen molar-refractivity contribution in [3.8, 4) is 0 Å². The molecule has 3 heteroatoms. The Hall–Kier alpha value is -0.570. The fourth-order valence-electron chi connectivity index (χ4n) is 2.04. The van der Waals surface area contributed by atoms with Crippen LogP contribution in [0.15, 0.2) is 0 Å². The normalized spacial score (nSPS) is 13.4. The minimum Gasteiger partial charge on any atom is -0.279 e. The minimum absolute atomic E-state index is 0.173. The second kappa shape index (κ2) is 5.38. The van der Waals surface area contributed by atoms with Crippen molar-refractivity contribution < 1.29 is 4.79 Å². The van der Waals surface area contributed by atoms with Crippen molar-refractivity contribution in [2.75, 3.05) is 21.1 Å². The van der Waals surface area contributed by atoms with Crippen LogP contribution in [-0.4, -0.2) is 37.1 Å². The van der Waals surface area contributed by atoms with Crippen LogP contribution in [0, 0.1) is 16.7 Å². The van der Waals surface area contributed by atoms with E-state index in [1.165, 1.54) is 0 Å². The fraction of sp³-hybridized carbons (Fsp3) is 0.929. The number of hydrogen-bond donors (Lipinski definition) is 0. The summed E-state index contributed by atoms with van der Waals surface area (Å²) < 4.78 is 0. The van der Waals surface area contributed by atoms with Crippen LogP contribution in [0.4, 0.5) is 0 Å². The fourth-order valence-corrected chi connectivity index (χ4v) is 2.04. The molecule has 0 saturated carbocycles. The maximum Gasteiger partial charge on any atom is 0.242 e. The average molecular weight is 242 g/mol. The van der Waals surface area contributed by atoms with Crippen molar-refractivity contribution in [2.45, 2.75) is 48.0 Å². The van der Waals surface area contributed by atoms with E-state index in [0.29, 0.717) is 5.92 Å². The zero-order valence-electron chi connectivity index (χ0n) is 13.1. The van der Waals surface area contributed by atoms with Gasteiger partial charge in [0.2, 0.25) is 5.91 Å². The maximum atomic E-state index is 12.4. The van der Waals surface area contributed by atoms with E-state index in [-0.39, 0.29) is 16.7 Å². The van der Waals surface area contributed by atoms with Crippen molar-refractivity contribution in [2.24, 2.45) is 16.7 Å². The van der Waals surface area contributed by atoms with E-state index in [2.05, 4.69) is 27.7 Å². The lowest BCUT2D eigenvalue weighted by molar-refractivity contribution is -0.153. The van der Waals surface area contributed by atoms with Gasteiger partial charge in [0.15, 0.2) is 0 Å². The first-order chi connectivity index (χ1) is 7.42. The smallest absolute Gasteiger partial charge is 0.242 e. The monoisotopic (exact) mass is 242 g/mol. The summed E-state index contributed by atoms with van der Waals surface area (Å²) in [7, 11) is 5.61. The second-order valence-corrected chi connectivity index (χ2v) is 6.88. The Bertz CT molecular complexity index is 267. The largest absolute Gasteiger partial charge is 0.279 e. The van der Waals surface area contributed by atoms with Gasteiger partial charge in [-0.15, -0.1) is 0 Å². The molecule has 102 valence electrons. The summed E-state index contributed by atoms with van der Waals surface area (Å²) in [6, 6.07) is 0. The van der Waals surface area contributed by atoms with Crippen LogP contribution < -0.4 is 0 Å². The van der Waals surface area contributed by atoms with Gasteiger partial charge in [-0.05, 0) is 17.8 Å². The van der Waals surface area contributed by atoms with Crippen molar-refractivity contribution in [3.63, 3.8) is 0 Å².